The van der Waals surface area contributed by atoms with Crippen molar-refractivity contribution in [3.05, 3.63) is 0 Å². The number of nitrogens with two attached hydrogens (primary N) is 11. The minimum Gasteiger partial charge on any atom is -0.388 e. The van der Waals surface area contributed by atoms with Gasteiger partial charge >= 0.3 is 0 Å². The highest BCUT2D eigenvalue weighted by Gasteiger charge is 2.55. The zero-order valence-electron chi connectivity index (χ0n) is 57.2. The van der Waals surface area contributed by atoms with Crippen molar-refractivity contribution in [3.8, 4) is 0 Å². The van der Waals surface area contributed by atoms with Gasteiger partial charge in [0, 0.05) is 54.9 Å². The molecule has 6 heterocycles. The topological polar surface area (TPSA) is 627 Å². The molecule has 0 radical (unpaired) electrons. The molecule has 0 bridgehead atoms. The first-order valence-corrected chi connectivity index (χ1v) is 34.0. The van der Waals surface area contributed by atoms with Gasteiger partial charge in [-0.25, -0.2) is 0 Å². The molecule has 0 amide bonds. The van der Waals surface area contributed by atoms with Gasteiger partial charge in [-0.3, -0.25) is 0 Å². The van der Waals surface area contributed by atoms with Gasteiger partial charge in [0.2, 0.25) is 0 Å². The Kier molecular flexibility index (Phi) is 30.1. The molecule has 9 rings (SSSR count). The first-order valence-electron chi connectivity index (χ1n) is 34.0. The van der Waals surface area contributed by atoms with Gasteiger partial charge in [-0.1, -0.05) is 0 Å². The molecule has 9 aliphatic rings. The molecule has 0 aromatic heterocycles. The fourth-order valence-electron chi connectivity index (χ4n) is 14.6. The van der Waals surface area contributed by atoms with Crippen LogP contribution in [0.2, 0.25) is 0 Å². The summed E-state index contributed by atoms with van der Waals surface area (Å²) in [5.74, 6) is 0. The molecule has 38 atom stereocenters. The Hall–Kier alpha value is -1.44. The summed E-state index contributed by atoms with van der Waals surface area (Å²) in [5, 5.41) is 108. The van der Waals surface area contributed by atoms with E-state index in [9.17, 15) is 46.0 Å². The second-order valence-corrected chi connectivity index (χ2v) is 28.8. The SMILES string of the molecule is CN[C@@H]1[C@@H](O)[C@@H](O[C@@H]2[C@@H](O)[C@H](O[C@H]3OC([C@@H](C)N)CC[C@H]3N)[C@@H](N)C[C@H]2N)OC[C@]1(C)O.CN[C@@H]1[C@@H](O)[C@@H](O[C@@H]2[C@@H](O)[C@H](O[C@H]3O[C@H](CN)CC[C@H]3N)[C@@H](N)C[C@H]2N)OC[C@]1(C)O.CN[C@@H]1[C@@H](O)[C@@H](O[C@@H]2[C@@H](O)[C@H](O[C@H]3O[C@H]([C@@H](C)NC)CC[C@H]3N)[C@@H](N)C[C@H]2N)OC[C@]1(C)O. The second-order valence-electron chi connectivity index (χ2n) is 28.8. The van der Waals surface area contributed by atoms with Gasteiger partial charge in [-0.15, -0.1) is 0 Å². The molecule has 0 aromatic carbocycles. The van der Waals surface area contributed by atoms with E-state index < -0.39 is 182 Å². The fourth-order valence-corrected chi connectivity index (χ4v) is 14.6. The van der Waals surface area contributed by atoms with E-state index in [1.807, 2.05) is 20.9 Å². The van der Waals surface area contributed by atoms with Crippen LogP contribution in [0, 0.1) is 0 Å². The number of likely N-dealkylation sites (N-methyl/N-ethyl adjacent to an activating group) is 4. The summed E-state index contributed by atoms with van der Waals surface area (Å²) in [4.78, 5) is 0. The number of hydrogen-bond donors (Lipinski definition) is 24. The van der Waals surface area contributed by atoms with Crippen LogP contribution in [0.4, 0.5) is 0 Å². The smallest absolute Gasteiger partial charge is 0.185 e. The van der Waals surface area contributed by atoms with Crippen LogP contribution in [0.5, 0.6) is 0 Å². The Morgan fingerprint density at radius 3 is 0.948 bits per heavy atom. The summed E-state index contributed by atoms with van der Waals surface area (Å²) in [6, 6.07) is -6.84. The van der Waals surface area contributed by atoms with Crippen LogP contribution in [0.3, 0.4) is 0 Å². The van der Waals surface area contributed by atoms with Crippen LogP contribution in [0.1, 0.15) is 92.4 Å². The van der Waals surface area contributed by atoms with Crippen molar-refractivity contribution in [3.63, 3.8) is 0 Å². The van der Waals surface area contributed by atoms with Gasteiger partial charge in [0.05, 0.1) is 74.4 Å². The average Bonchev–Trinajstić information content (AvgIpc) is 0.793. The highest BCUT2D eigenvalue weighted by molar-refractivity contribution is 5.06. The van der Waals surface area contributed by atoms with Crippen molar-refractivity contribution < 1.29 is 103 Å². The first kappa shape index (κ1) is 81.9. The zero-order chi connectivity index (χ0) is 71.2. The lowest BCUT2D eigenvalue weighted by Gasteiger charge is -2.48. The molecule has 1 unspecified atom stereocenters. The lowest BCUT2D eigenvalue weighted by molar-refractivity contribution is -0.307. The van der Waals surface area contributed by atoms with Crippen molar-refractivity contribution >= 4 is 0 Å². The van der Waals surface area contributed by atoms with Crippen LogP contribution in [0.25, 0.3) is 0 Å². The predicted molar refractivity (Wildman–Crippen MR) is 345 cm³/mol. The molecule has 36 nitrogen and oxygen atoms in total. The van der Waals surface area contributed by atoms with Gasteiger partial charge in [-0.05, 0) is 121 Å². The largest absolute Gasteiger partial charge is 0.388 e. The Balaban J connectivity index is 0.000000203. The highest BCUT2D eigenvalue weighted by atomic mass is 16.7. The maximum Gasteiger partial charge on any atom is 0.185 e. The van der Waals surface area contributed by atoms with Crippen molar-refractivity contribution in [2.24, 2.45) is 63.1 Å². The van der Waals surface area contributed by atoms with E-state index in [4.69, 9.17) is 120 Å². The molecule has 35 N–H and O–H groups in total. The van der Waals surface area contributed by atoms with E-state index in [-0.39, 0.29) is 68.3 Å². The minimum atomic E-state index is -1.29. The van der Waals surface area contributed by atoms with Crippen LogP contribution in [0.15, 0.2) is 0 Å². The third-order valence-corrected chi connectivity index (χ3v) is 20.6. The fraction of sp³-hybridized carbons (Fsp3) is 1.00. The van der Waals surface area contributed by atoms with Gasteiger partial charge < -0.3 is 187 Å². The molecule has 6 saturated heterocycles. The Morgan fingerprint density at radius 2 is 0.667 bits per heavy atom. The maximum atomic E-state index is 11.1. The molecular weight excluding hydrogens is 1270 g/mol. The summed E-state index contributed by atoms with van der Waals surface area (Å²) in [7, 11) is 6.74. The number of nitrogens with one attached hydrogen (secondary N) is 4. The van der Waals surface area contributed by atoms with E-state index in [0.717, 1.165) is 19.3 Å². The molecule has 0 aromatic rings. The van der Waals surface area contributed by atoms with Crippen LogP contribution in [-0.2, 0) is 56.8 Å². The molecule has 564 valence electrons. The third-order valence-electron chi connectivity index (χ3n) is 20.6. The molecule has 96 heavy (non-hydrogen) atoms. The van der Waals surface area contributed by atoms with Crippen molar-refractivity contribution in [1.82, 2.24) is 21.3 Å². The Labute approximate surface area is 563 Å². The van der Waals surface area contributed by atoms with Crippen molar-refractivity contribution in [2.45, 2.75) is 323 Å². The lowest BCUT2D eigenvalue weighted by Crippen LogP contribution is -2.68. The molecule has 9 fully saturated rings. The molecule has 3 saturated carbocycles. The number of hydrogen-bond acceptors (Lipinski definition) is 36. The number of aliphatic hydroxyl groups is 9. The summed E-state index contributed by atoms with van der Waals surface area (Å²) in [6.45, 7) is 8.70. The quantitative estimate of drug-likeness (QED) is 0.0571. The maximum absolute atomic E-state index is 11.1. The molecule has 3 aliphatic carbocycles. The van der Waals surface area contributed by atoms with E-state index in [1.165, 1.54) is 0 Å². The van der Waals surface area contributed by atoms with E-state index in [0.29, 0.717) is 45.1 Å². The third kappa shape index (κ3) is 19.5. The monoisotopic (exact) mass is 1390 g/mol. The molecule has 6 aliphatic heterocycles. The first-order chi connectivity index (χ1) is 45.0. The molecular formula is C60H123N15O21. The minimum absolute atomic E-state index is 0.0620. The van der Waals surface area contributed by atoms with Crippen LogP contribution < -0.4 is 84.3 Å². The van der Waals surface area contributed by atoms with Gasteiger partial charge in [0.25, 0.3) is 0 Å². The summed E-state index contributed by atoms with van der Waals surface area (Å²) in [5.41, 5.74) is 63.8. The summed E-state index contributed by atoms with van der Waals surface area (Å²) < 4.78 is 70.4. The molecule has 0 spiro atoms. The average molecular weight is 1390 g/mol. The van der Waals surface area contributed by atoms with Gasteiger partial charge in [-0.2, -0.15) is 0 Å². The number of ether oxygens (including phenoxy) is 12. The second kappa shape index (κ2) is 35.4. The van der Waals surface area contributed by atoms with E-state index in [2.05, 4.69) is 21.3 Å². The summed E-state index contributed by atoms with van der Waals surface area (Å²) >= 11 is 0. The highest BCUT2D eigenvalue weighted by Crippen LogP contribution is 2.36. The zero-order valence-corrected chi connectivity index (χ0v) is 57.2. The standard InChI is InChI=1S/C21H43N5O7.C20H41N5O7.C19H39N5O7/c1-9(25-3)13-6-5-10(22)19(31-13)32-16-11(23)7-12(24)17(14(16)27)33-20-15(28)18(26-4)21(2,29)8-30-20;1-8(21)12-5-4-9(22)18(30-12)31-15-10(23)6-11(24)16(13(15)26)32-19-14(27)17(25-3)20(2,28)7-29-19;1-19(27)7-28-18(13(26)16(19)24-2)31-15-11(23)5-10(22)14(12(15)25)30-17-9(21)4-3-8(6-20)29-17/h9-20,25-29H,5-8,22-24H2,1-4H3;8-19,25-28H,4-7,21-24H2,1-3H3;8-18,24-27H,3-7,20-23H2,1-2H3/t9-,10-,11+,12-,13+,14+,15-,16-,17+,18-,19-,20-,21+;8-,9-,10+,11-,12?,13+,14-,15-,16+,17-,18-,19-,20+;8-,9+,10-,11+,12-,13+,14+,15-,16+,17+,18+,19-/m110/s1. The number of rotatable bonds is 19. The van der Waals surface area contributed by atoms with E-state index >= 15 is 0 Å². The normalized spacial score (nSPS) is 51.0. The van der Waals surface area contributed by atoms with Crippen LogP contribution in [-0.4, -0.2) is 331 Å². The van der Waals surface area contributed by atoms with E-state index in [1.54, 1.807) is 41.9 Å². The predicted octanol–water partition coefficient (Wildman–Crippen LogP) is -10.9. The number of aliphatic hydroxyl groups excluding tert-OH is 6. The molecule has 36 heteroatoms. The lowest BCUT2D eigenvalue weighted by atomic mass is 9.84. The Morgan fingerprint density at radius 1 is 0.396 bits per heavy atom. The van der Waals surface area contributed by atoms with Crippen LogP contribution >= 0.6 is 0 Å². The van der Waals surface area contributed by atoms with Crippen molar-refractivity contribution in [2.75, 3.05) is 54.6 Å². The van der Waals surface area contributed by atoms with Crippen molar-refractivity contribution in [1.29, 1.82) is 0 Å². The van der Waals surface area contributed by atoms with Gasteiger partial charge in [0.15, 0.2) is 37.7 Å². The Bertz CT molecular complexity index is 2320. The van der Waals surface area contributed by atoms with Gasteiger partial charge in [0.1, 0.15) is 90.1 Å². The summed E-state index contributed by atoms with van der Waals surface area (Å²) in [6.07, 6.45) is -13.3.